The van der Waals surface area contributed by atoms with Crippen molar-refractivity contribution in [2.45, 2.75) is 20.3 Å². The normalized spacial score (nSPS) is 12.2. The number of rotatable bonds is 9. The lowest BCUT2D eigenvalue weighted by atomic mass is 10.1. The zero-order valence-corrected chi connectivity index (χ0v) is 13.9. The van der Waals surface area contributed by atoms with Crippen LogP contribution in [0.4, 0.5) is 5.69 Å². The number of carboxylic acids is 1. The Labute approximate surface area is 132 Å². The average Bonchev–Trinajstić information content (AvgIpc) is 2.45. The van der Waals surface area contributed by atoms with Crippen molar-refractivity contribution in [3.05, 3.63) is 29.8 Å². The number of aliphatic carboxylic acids is 1. The van der Waals surface area contributed by atoms with Crippen LogP contribution in [0.1, 0.15) is 30.6 Å². The van der Waals surface area contributed by atoms with Gasteiger partial charge in [0.1, 0.15) is 0 Å². The summed E-state index contributed by atoms with van der Waals surface area (Å²) in [4.78, 5) is 26.8. The van der Waals surface area contributed by atoms with Crippen LogP contribution >= 0.6 is 0 Å². The summed E-state index contributed by atoms with van der Waals surface area (Å²) < 4.78 is 0. The SMILES string of the molecule is CC(=O)c1cccc(N(CCCN(C)C)CC(C)C(=O)O)c1. The zero-order valence-electron chi connectivity index (χ0n) is 13.9. The van der Waals surface area contributed by atoms with Gasteiger partial charge in [0.15, 0.2) is 5.78 Å². The van der Waals surface area contributed by atoms with Gasteiger partial charge in [-0.25, -0.2) is 0 Å². The monoisotopic (exact) mass is 306 g/mol. The molecule has 22 heavy (non-hydrogen) atoms. The third-order valence-electron chi connectivity index (χ3n) is 3.57. The summed E-state index contributed by atoms with van der Waals surface area (Å²) in [7, 11) is 4.03. The second kappa shape index (κ2) is 8.54. The Kier molecular flexibility index (Phi) is 7.05. The van der Waals surface area contributed by atoms with Crippen LogP contribution in [0.25, 0.3) is 0 Å². The van der Waals surface area contributed by atoms with Gasteiger partial charge in [-0.05, 0) is 46.1 Å². The van der Waals surface area contributed by atoms with Gasteiger partial charge in [0.2, 0.25) is 0 Å². The lowest BCUT2D eigenvalue weighted by molar-refractivity contribution is -0.140. The maximum absolute atomic E-state index is 11.5. The molecule has 0 aromatic heterocycles. The summed E-state index contributed by atoms with van der Waals surface area (Å²) in [5.74, 6) is -1.25. The molecule has 0 saturated carbocycles. The van der Waals surface area contributed by atoms with Crippen LogP contribution in [0.2, 0.25) is 0 Å². The van der Waals surface area contributed by atoms with E-state index in [2.05, 4.69) is 9.80 Å². The highest BCUT2D eigenvalue weighted by atomic mass is 16.4. The number of carbonyl (C=O) groups is 2. The second-order valence-electron chi connectivity index (χ2n) is 5.95. The van der Waals surface area contributed by atoms with E-state index in [9.17, 15) is 9.59 Å². The van der Waals surface area contributed by atoms with E-state index in [1.165, 1.54) is 6.92 Å². The number of nitrogens with zero attached hydrogens (tertiary/aromatic N) is 2. The first-order valence-electron chi connectivity index (χ1n) is 7.54. The average molecular weight is 306 g/mol. The van der Waals surface area contributed by atoms with E-state index in [1.54, 1.807) is 13.0 Å². The van der Waals surface area contributed by atoms with Crippen LogP contribution in [0.5, 0.6) is 0 Å². The number of benzene rings is 1. The Morgan fingerprint density at radius 2 is 1.91 bits per heavy atom. The van der Waals surface area contributed by atoms with Crippen LogP contribution in [0.3, 0.4) is 0 Å². The molecule has 0 amide bonds. The van der Waals surface area contributed by atoms with Crippen LogP contribution in [0.15, 0.2) is 24.3 Å². The number of ketones is 1. The summed E-state index contributed by atoms with van der Waals surface area (Å²) in [5.41, 5.74) is 1.55. The highest BCUT2D eigenvalue weighted by Gasteiger charge is 2.17. The molecule has 1 rings (SSSR count). The standard InChI is InChI=1S/C17H26N2O3/c1-13(17(21)22)12-19(10-6-9-18(3)4)16-8-5-7-15(11-16)14(2)20/h5,7-8,11,13H,6,9-10,12H2,1-4H3,(H,21,22). The molecule has 1 aromatic rings. The molecular formula is C17H26N2O3. The molecule has 0 aliphatic rings. The third-order valence-corrected chi connectivity index (χ3v) is 3.57. The van der Waals surface area contributed by atoms with Gasteiger partial charge in [0.25, 0.3) is 0 Å². The fraction of sp³-hybridized carbons (Fsp3) is 0.529. The molecule has 0 fully saturated rings. The van der Waals surface area contributed by atoms with Crippen molar-refractivity contribution in [2.75, 3.05) is 38.6 Å². The van der Waals surface area contributed by atoms with Crippen molar-refractivity contribution in [2.24, 2.45) is 5.92 Å². The third kappa shape index (κ3) is 5.85. The Balaban J connectivity index is 2.90. The van der Waals surface area contributed by atoms with Gasteiger partial charge < -0.3 is 14.9 Å². The molecule has 5 nitrogen and oxygen atoms in total. The van der Waals surface area contributed by atoms with Gasteiger partial charge in [-0.1, -0.05) is 19.1 Å². The molecule has 0 bridgehead atoms. The minimum absolute atomic E-state index is 0.0152. The van der Waals surface area contributed by atoms with E-state index in [4.69, 9.17) is 5.11 Å². The minimum Gasteiger partial charge on any atom is -0.481 e. The predicted molar refractivity (Wildman–Crippen MR) is 88.6 cm³/mol. The Morgan fingerprint density at radius 3 is 2.45 bits per heavy atom. The number of hydrogen-bond donors (Lipinski definition) is 1. The molecule has 0 aliphatic heterocycles. The smallest absolute Gasteiger partial charge is 0.308 e. The van der Waals surface area contributed by atoms with E-state index in [0.29, 0.717) is 12.1 Å². The first kappa shape index (κ1) is 18.2. The van der Waals surface area contributed by atoms with Gasteiger partial charge in [0, 0.05) is 24.3 Å². The van der Waals surface area contributed by atoms with Gasteiger partial charge in [-0.2, -0.15) is 0 Å². The number of carbonyl (C=O) groups excluding carboxylic acids is 1. The van der Waals surface area contributed by atoms with Gasteiger partial charge in [-0.3, -0.25) is 9.59 Å². The highest BCUT2D eigenvalue weighted by molar-refractivity contribution is 5.95. The topological polar surface area (TPSA) is 60.9 Å². The Hall–Kier alpha value is -1.88. The maximum atomic E-state index is 11.5. The van der Waals surface area contributed by atoms with Crippen molar-refractivity contribution in [3.63, 3.8) is 0 Å². The van der Waals surface area contributed by atoms with Crippen molar-refractivity contribution in [3.8, 4) is 0 Å². The summed E-state index contributed by atoms with van der Waals surface area (Å²) in [6.07, 6.45) is 0.934. The number of anilines is 1. The second-order valence-corrected chi connectivity index (χ2v) is 5.95. The van der Waals surface area contributed by atoms with E-state index in [1.807, 2.05) is 32.3 Å². The molecule has 122 valence electrons. The Morgan fingerprint density at radius 1 is 1.23 bits per heavy atom. The quantitative estimate of drug-likeness (QED) is 0.710. The molecule has 0 radical (unpaired) electrons. The van der Waals surface area contributed by atoms with Crippen LogP contribution in [-0.4, -0.2) is 55.5 Å². The van der Waals surface area contributed by atoms with Crippen molar-refractivity contribution in [1.29, 1.82) is 0 Å². The first-order chi connectivity index (χ1) is 10.3. The molecule has 1 atom stereocenters. The minimum atomic E-state index is -0.805. The molecule has 0 heterocycles. The van der Waals surface area contributed by atoms with E-state index in [0.717, 1.165) is 25.2 Å². The van der Waals surface area contributed by atoms with E-state index < -0.39 is 11.9 Å². The molecule has 0 spiro atoms. The van der Waals surface area contributed by atoms with Gasteiger partial charge in [0.05, 0.1) is 5.92 Å². The molecule has 1 N–H and O–H groups in total. The van der Waals surface area contributed by atoms with Gasteiger partial charge >= 0.3 is 5.97 Å². The largest absolute Gasteiger partial charge is 0.481 e. The van der Waals surface area contributed by atoms with Gasteiger partial charge in [-0.15, -0.1) is 0 Å². The lowest BCUT2D eigenvalue weighted by Gasteiger charge is -2.27. The lowest BCUT2D eigenvalue weighted by Crippen LogP contribution is -2.34. The molecule has 1 aromatic carbocycles. The summed E-state index contributed by atoms with van der Waals surface area (Å²) in [6, 6.07) is 7.39. The molecule has 0 aliphatic carbocycles. The van der Waals surface area contributed by atoms with Crippen molar-refractivity contribution >= 4 is 17.4 Å². The maximum Gasteiger partial charge on any atom is 0.308 e. The Bertz CT molecular complexity index is 514. The summed E-state index contributed by atoms with van der Waals surface area (Å²) in [6.45, 7) is 5.37. The fourth-order valence-corrected chi connectivity index (χ4v) is 2.23. The zero-order chi connectivity index (χ0) is 16.7. The summed E-state index contributed by atoms with van der Waals surface area (Å²) in [5, 5.41) is 9.15. The highest BCUT2D eigenvalue weighted by Crippen LogP contribution is 2.19. The molecular weight excluding hydrogens is 280 g/mol. The first-order valence-corrected chi connectivity index (χ1v) is 7.54. The molecule has 5 heteroatoms. The van der Waals surface area contributed by atoms with Crippen LogP contribution in [0, 0.1) is 5.92 Å². The molecule has 0 saturated heterocycles. The van der Waals surface area contributed by atoms with E-state index in [-0.39, 0.29) is 5.78 Å². The number of hydrogen-bond acceptors (Lipinski definition) is 4. The predicted octanol–water partition coefficient (Wildman–Crippen LogP) is 2.37. The fourth-order valence-electron chi connectivity index (χ4n) is 2.23. The number of Topliss-reactive ketones (excluding diaryl/α,β-unsaturated/α-hetero) is 1. The van der Waals surface area contributed by atoms with Crippen LogP contribution in [-0.2, 0) is 4.79 Å². The van der Waals surface area contributed by atoms with Crippen molar-refractivity contribution < 1.29 is 14.7 Å². The molecule has 1 unspecified atom stereocenters. The summed E-state index contributed by atoms with van der Waals surface area (Å²) >= 11 is 0. The van der Waals surface area contributed by atoms with Crippen LogP contribution < -0.4 is 4.90 Å². The van der Waals surface area contributed by atoms with E-state index >= 15 is 0 Å². The van der Waals surface area contributed by atoms with Crippen molar-refractivity contribution in [1.82, 2.24) is 4.90 Å². The number of carboxylic acid groups (broad SMARTS) is 1.